The Bertz CT molecular complexity index is 541. The van der Waals surface area contributed by atoms with Crippen molar-refractivity contribution < 1.29 is 9.59 Å². The molecular formula is C18H29N3O2. The molecule has 23 heavy (non-hydrogen) atoms. The average Bonchev–Trinajstić information content (AvgIpc) is 2.47. The Morgan fingerprint density at radius 2 is 1.74 bits per heavy atom. The van der Waals surface area contributed by atoms with Gasteiger partial charge in [0.15, 0.2) is 0 Å². The molecule has 0 spiro atoms. The second-order valence-electron chi connectivity index (χ2n) is 6.60. The lowest BCUT2D eigenvalue weighted by atomic mass is 10.1. The van der Waals surface area contributed by atoms with Crippen molar-refractivity contribution in [1.82, 2.24) is 15.1 Å². The van der Waals surface area contributed by atoms with E-state index in [0.29, 0.717) is 19.0 Å². The second-order valence-corrected chi connectivity index (χ2v) is 6.60. The zero-order valence-corrected chi connectivity index (χ0v) is 15.1. The minimum absolute atomic E-state index is 0.112. The van der Waals surface area contributed by atoms with Gasteiger partial charge in [-0.1, -0.05) is 38.1 Å². The fourth-order valence-corrected chi connectivity index (χ4v) is 2.38. The van der Waals surface area contributed by atoms with Crippen LogP contribution in [0.3, 0.4) is 0 Å². The lowest BCUT2D eigenvalue weighted by molar-refractivity contribution is -0.130. The maximum atomic E-state index is 12.6. The van der Waals surface area contributed by atoms with Crippen molar-refractivity contribution in [1.29, 1.82) is 0 Å². The van der Waals surface area contributed by atoms with E-state index in [1.165, 1.54) is 4.90 Å². The maximum Gasteiger partial charge on any atom is 0.318 e. The molecule has 0 heterocycles. The number of benzene rings is 1. The summed E-state index contributed by atoms with van der Waals surface area (Å²) in [6.45, 7) is 9.09. The molecule has 0 saturated heterocycles. The van der Waals surface area contributed by atoms with Crippen LogP contribution in [-0.4, -0.2) is 48.4 Å². The number of amides is 3. The molecule has 0 aliphatic carbocycles. The van der Waals surface area contributed by atoms with Gasteiger partial charge in [0.1, 0.15) is 6.04 Å². The van der Waals surface area contributed by atoms with Gasteiger partial charge in [0.25, 0.3) is 0 Å². The van der Waals surface area contributed by atoms with Crippen LogP contribution in [0.4, 0.5) is 4.79 Å². The highest BCUT2D eigenvalue weighted by molar-refractivity contribution is 5.86. The van der Waals surface area contributed by atoms with Crippen LogP contribution in [0.1, 0.15) is 31.9 Å². The molecule has 0 aliphatic rings. The van der Waals surface area contributed by atoms with Gasteiger partial charge in [-0.3, -0.25) is 4.79 Å². The van der Waals surface area contributed by atoms with Crippen LogP contribution in [0.5, 0.6) is 0 Å². The molecule has 0 aromatic heterocycles. The summed E-state index contributed by atoms with van der Waals surface area (Å²) in [5, 5.41) is 2.80. The molecule has 0 radical (unpaired) electrons. The maximum absolute atomic E-state index is 12.6. The average molecular weight is 319 g/mol. The van der Waals surface area contributed by atoms with Crippen molar-refractivity contribution >= 4 is 11.9 Å². The van der Waals surface area contributed by atoms with E-state index >= 15 is 0 Å². The van der Waals surface area contributed by atoms with Crippen LogP contribution < -0.4 is 5.32 Å². The zero-order valence-electron chi connectivity index (χ0n) is 15.1. The Kier molecular flexibility index (Phi) is 7.07. The molecule has 0 aliphatic heterocycles. The molecule has 0 bridgehead atoms. The number of carbonyl (C=O) groups excluding carboxylic acids is 2. The molecule has 128 valence electrons. The summed E-state index contributed by atoms with van der Waals surface area (Å²) >= 11 is 0. The van der Waals surface area contributed by atoms with Crippen LogP contribution in [0.25, 0.3) is 0 Å². The Balaban J connectivity index is 2.83. The molecule has 3 amide bonds. The minimum Gasteiger partial charge on any atom is -0.347 e. The number of rotatable bonds is 6. The number of nitrogens with zero attached hydrogens (tertiary/aromatic N) is 2. The summed E-state index contributed by atoms with van der Waals surface area (Å²) in [6.07, 6.45) is 0. The molecule has 5 heteroatoms. The second kappa shape index (κ2) is 8.56. The van der Waals surface area contributed by atoms with Crippen LogP contribution in [-0.2, 0) is 11.3 Å². The quantitative estimate of drug-likeness (QED) is 0.876. The summed E-state index contributed by atoms with van der Waals surface area (Å²) in [6, 6.07) is 7.30. The zero-order chi connectivity index (χ0) is 17.6. The van der Waals surface area contributed by atoms with E-state index in [1.807, 2.05) is 31.2 Å². The molecule has 1 aromatic rings. The Morgan fingerprint density at radius 1 is 1.13 bits per heavy atom. The molecule has 0 unspecified atom stereocenters. The topological polar surface area (TPSA) is 52.7 Å². The first-order valence-corrected chi connectivity index (χ1v) is 8.03. The molecular weight excluding hydrogens is 290 g/mol. The summed E-state index contributed by atoms with van der Waals surface area (Å²) in [5.41, 5.74) is 2.28. The van der Waals surface area contributed by atoms with Crippen molar-refractivity contribution in [2.75, 3.05) is 20.6 Å². The first-order chi connectivity index (χ1) is 10.7. The van der Waals surface area contributed by atoms with Gasteiger partial charge in [0.05, 0.1) is 0 Å². The molecule has 1 rings (SSSR count). The number of carbonyl (C=O) groups is 2. The van der Waals surface area contributed by atoms with Crippen molar-refractivity contribution in [2.24, 2.45) is 5.92 Å². The Labute approximate surface area is 139 Å². The number of likely N-dealkylation sites (N-methyl/N-ethyl adjacent to an activating group) is 1. The van der Waals surface area contributed by atoms with Gasteiger partial charge in [0.2, 0.25) is 5.91 Å². The lowest BCUT2D eigenvalue weighted by Crippen LogP contribution is -2.50. The number of hydrogen-bond acceptors (Lipinski definition) is 2. The van der Waals surface area contributed by atoms with Crippen molar-refractivity contribution in [3.63, 3.8) is 0 Å². The summed E-state index contributed by atoms with van der Waals surface area (Å²) in [7, 11) is 3.37. The highest BCUT2D eigenvalue weighted by Gasteiger charge is 2.22. The molecule has 1 N–H and O–H groups in total. The summed E-state index contributed by atoms with van der Waals surface area (Å²) in [4.78, 5) is 27.8. The molecule has 5 nitrogen and oxygen atoms in total. The number of aryl methyl sites for hydroxylation is 1. The van der Waals surface area contributed by atoms with Crippen LogP contribution in [0.2, 0.25) is 0 Å². The van der Waals surface area contributed by atoms with Gasteiger partial charge < -0.3 is 15.1 Å². The highest BCUT2D eigenvalue weighted by atomic mass is 16.2. The number of hydrogen-bond donors (Lipinski definition) is 1. The number of nitrogens with one attached hydrogen (secondary N) is 1. The fraction of sp³-hybridized carbons (Fsp3) is 0.556. The molecule has 1 aromatic carbocycles. The Hall–Kier alpha value is -2.04. The minimum atomic E-state index is -0.538. The standard InChI is InChI=1S/C18H29N3O2/c1-13(2)11-21(12-16-10-8-7-9-14(16)3)18(23)19-15(4)17(22)20(5)6/h7-10,13,15H,11-12H2,1-6H3,(H,19,23)/t15-/m0/s1. The van der Waals surface area contributed by atoms with Gasteiger partial charge in [-0.2, -0.15) is 0 Å². The lowest BCUT2D eigenvalue weighted by Gasteiger charge is -2.28. The fourth-order valence-electron chi connectivity index (χ4n) is 2.38. The smallest absolute Gasteiger partial charge is 0.318 e. The van der Waals surface area contributed by atoms with Crippen molar-refractivity contribution in [3.05, 3.63) is 35.4 Å². The third kappa shape index (κ3) is 5.93. The molecule has 1 atom stereocenters. The third-order valence-electron chi connectivity index (χ3n) is 3.65. The van der Waals surface area contributed by atoms with E-state index in [0.717, 1.165) is 11.1 Å². The van der Waals surface area contributed by atoms with Gasteiger partial charge in [-0.05, 0) is 30.9 Å². The van der Waals surface area contributed by atoms with E-state index in [9.17, 15) is 9.59 Å². The van der Waals surface area contributed by atoms with Gasteiger partial charge in [0, 0.05) is 27.2 Å². The monoisotopic (exact) mass is 319 g/mol. The largest absolute Gasteiger partial charge is 0.347 e. The van der Waals surface area contributed by atoms with E-state index in [4.69, 9.17) is 0 Å². The van der Waals surface area contributed by atoms with E-state index in [2.05, 4.69) is 19.2 Å². The number of urea groups is 1. The predicted octanol–water partition coefficient (Wildman–Crippen LogP) is 2.64. The van der Waals surface area contributed by atoms with Gasteiger partial charge in [-0.15, -0.1) is 0 Å². The Morgan fingerprint density at radius 3 is 2.26 bits per heavy atom. The third-order valence-corrected chi connectivity index (χ3v) is 3.65. The van der Waals surface area contributed by atoms with E-state index < -0.39 is 6.04 Å². The normalized spacial score (nSPS) is 12.0. The highest BCUT2D eigenvalue weighted by Crippen LogP contribution is 2.12. The van der Waals surface area contributed by atoms with Crippen LogP contribution >= 0.6 is 0 Å². The van der Waals surface area contributed by atoms with Crippen LogP contribution in [0, 0.1) is 12.8 Å². The first kappa shape index (κ1) is 19.0. The van der Waals surface area contributed by atoms with E-state index in [-0.39, 0.29) is 11.9 Å². The van der Waals surface area contributed by atoms with E-state index in [1.54, 1.807) is 25.9 Å². The van der Waals surface area contributed by atoms with Gasteiger partial charge in [-0.25, -0.2) is 4.79 Å². The van der Waals surface area contributed by atoms with Crippen molar-refractivity contribution in [3.8, 4) is 0 Å². The molecule has 0 saturated carbocycles. The van der Waals surface area contributed by atoms with Crippen LogP contribution in [0.15, 0.2) is 24.3 Å². The van der Waals surface area contributed by atoms with Crippen molar-refractivity contribution in [2.45, 2.75) is 40.3 Å². The summed E-state index contributed by atoms with van der Waals surface area (Å²) < 4.78 is 0. The summed E-state index contributed by atoms with van der Waals surface area (Å²) in [5.74, 6) is 0.239. The SMILES string of the molecule is Cc1ccccc1CN(CC(C)C)C(=O)N[C@@H](C)C(=O)N(C)C. The first-order valence-electron chi connectivity index (χ1n) is 8.03. The predicted molar refractivity (Wildman–Crippen MR) is 93.1 cm³/mol. The van der Waals surface area contributed by atoms with Gasteiger partial charge >= 0.3 is 6.03 Å². The molecule has 0 fully saturated rings.